The highest BCUT2D eigenvalue weighted by Crippen LogP contribution is 2.27. The first kappa shape index (κ1) is 19.6. The van der Waals surface area contributed by atoms with Gasteiger partial charge in [0.2, 0.25) is 5.91 Å². The maximum atomic E-state index is 12.1. The van der Waals surface area contributed by atoms with Crippen LogP contribution in [0.15, 0.2) is 18.2 Å². The van der Waals surface area contributed by atoms with Crippen LogP contribution in [0.3, 0.4) is 0 Å². The molecule has 0 aromatic heterocycles. The number of rotatable bonds is 6. The molecule has 2 rings (SSSR count). The number of nitrogens with one attached hydrogen (secondary N) is 1. The highest BCUT2D eigenvalue weighted by atomic mass is 35.5. The summed E-state index contributed by atoms with van der Waals surface area (Å²) in [6.07, 6.45) is 4.62. The lowest BCUT2D eigenvalue weighted by molar-refractivity contribution is -0.126. The largest absolute Gasteiger partial charge is 0.493 e. The third-order valence-corrected chi connectivity index (χ3v) is 4.25. The number of carbonyl (C=O) groups excluding carboxylic acids is 1. The Morgan fingerprint density at radius 3 is 2.65 bits per heavy atom. The lowest BCUT2D eigenvalue weighted by Gasteiger charge is -2.25. The number of hydrogen-bond acceptors (Lipinski definition) is 4. The van der Waals surface area contributed by atoms with Gasteiger partial charge < -0.3 is 20.5 Å². The summed E-state index contributed by atoms with van der Waals surface area (Å²) >= 11 is 0. The predicted octanol–water partition coefficient (Wildman–Crippen LogP) is 2.30. The fourth-order valence-electron chi connectivity index (χ4n) is 2.98. The molecule has 23 heavy (non-hydrogen) atoms. The van der Waals surface area contributed by atoms with Crippen molar-refractivity contribution in [2.24, 2.45) is 11.7 Å². The summed E-state index contributed by atoms with van der Waals surface area (Å²) in [7, 11) is 3.24. The molecule has 1 aromatic rings. The smallest absolute Gasteiger partial charge is 0.223 e. The normalized spacial score (nSPS) is 20.3. The van der Waals surface area contributed by atoms with Gasteiger partial charge in [-0.05, 0) is 43.4 Å². The van der Waals surface area contributed by atoms with Crippen molar-refractivity contribution in [2.75, 3.05) is 20.8 Å². The first-order valence-electron chi connectivity index (χ1n) is 7.88. The molecule has 0 radical (unpaired) electrons. The van der Waals surface area contributed by atoms with Crippen LogP contribution in [0.4, 0.5) is 0 Å². The van der Waals surface area contributed by atoms with Crippen molar-refractivity contribution in [3.8, 4) is 11.5 Å². The molecule has 0 bridgehead atoms. The summed E-state index contributed by atoms with van der Waals surface area (Å²) in [4.78, 5) is 12.1. The first-order valence-corrected chi connectivity index (χ1v) is 7.88. The molecule has 1 amide bonds. The third kappa shape index (κ3) is 5.59. The molecular formula is C17H27ClN2O3. The fourth-order valence-corrected chi connectivity index (χ4v) is 2.98. The van der Waals surface area contributed by atoms with Gasteiger partial charge in [-0.3, -0.25) is 4.79 Å². The zero-order valence-electron chi connectivity index (χ0n) is 13.8. The zero-order chi connectivity index (χ0) is 15.9. The van der Waals surface area contributed by atoms with Crippen molar-refractivity contribution >= 4 is 18.3 Å². The van der Waals surface area contributed by atoms with Gasteiger partial charge in [0, 0.05) is 18.5 Å². The summed E-state index contributed by atoms with van der Waals surface area (Å²) < 4.78 is 10.5. The van der Waals surface area contributed by atoms with E-state index in [1.807, 2.05) is 18.2 Å². The van der Waals surface area contributed by atoms with Gasteiger partial charge in [0.15, 0.2) is 11.5 Å². The van der Waals surface area contributed by atoms with E-state index in [0.29, 0.717) is 18.0 Å². The summed E-state index contributed by atoms with van der Waals surface area (Å²) in [5.74, 6) is 1.64. The van der Waals surface area contributed by atoms with E-state index in [4.69, 9.17) is 15.2 Å². The Morgan fingerprint density at radius 1 is 1.26 bits per heavy atom. The molecule has 6 heteroatoms. The van der Waals surface area contributed by atoms with Crippen LogP contribution in [0.1, 0.15) is 31.2 Å². The minimum Gasteiger partial charge on any atom is -0.493 e. The standard InChI is InChI=1S/C17H26N2O3.ClH/c1-21-15-7-6-12(10-16(15)22-2)8-9-19-17(20)13-4-3-5-14(18)11-13;/h6-7,10,13-14H,3-5,8-9,11,18H2,1-2H3,(H,19,20);1H. The molecular weight excluding hydrogens is 316 g/mol. The van der Waals surface area contributed by atoms with Crippen molar-refractivity contribution in [1.29, 1.82) is 0 Å². The van der Waals surface area contributed by atoms with E-state index < -0.39 is 0 Å². The molecule has 0 saturated heterocycles. The number of carbonyl (C=O) groups is 1. The first-order chi connectivity index (χ1) is 10.6. The molecule has 1 saturated carbocycles. The van der Waals surface area contributed by atoms with E-state index in [2.05, 4.69) is 5.32 Å². The van der Waals surface area contributed by atoms with Crippen molar-refractivity contribution in [2.45, 2.75) is 38.1 Å². The lowest BCUT2D eigenvalue weighted by Crippen LogP contribution is -2.38. The van der Waals surface area contributed by atoms with Gasteiger partial charge in [0.25, 0.3) is 0 Å². The van der Waals surface area contributed by atoms with Crippen LogP contribution < -0.4 is 20.5 Å². The summed E-state index contributed by atoms with van der Waals surface area (Å²) in [6, 6.07) is 6.00. The van der Waals surface area contributed by atoms with Gasteiger partial charge in [-0.25, -0.2) is 0 Å². The second kappa shape index (κ2) is 9.63. The van der Waals surface area contributed by atoms with E-state index in [9.17, 15) is 4.79 Å². The molecule has 130 valence electrons. The van der Waals surface area contributed by atoms with Crippen LogP contribution in [0.2, 0.25) is 0 Å². The predicted molar refractivity (Wildman–Crippen MR) is 93.4 cm³/mol. The molecule has 1 aliphatic rings. The van der Waals surface area contributed by atoms with Gasteiger partial charge in [0.05, 0.1) is 14.2 Å². The lowest BCUT2D eigenvalue weighted by atomic mass is 9.85. The molecule has 0 heterocycles. The Hall–Kier alpha value is -1.46. The van der Waals surface area contributed by atoms with Crippen LogP contribution in [-0.2, 0) is 11.2 Å². The minimum atomic E-state index is 0. The Kier molecular flexibility index (Phi) is 8.20. The molecule has 5 nitrogen and oxygen atoms in total. The van der Waals surface area contributed by atoms with Gasteiger partial charge in [-0.2, -0.15) is 0 Å². The Balaban J connectivity index is 0.00000264. The number of benzene rings is 1. The van der Waals surface area contributed by atoms with Crippen LogP contribution >= 0.6 is 12.4 Å². The average Bonchev–Trinajstić information content (AvgIpc) is 2.54. The van der Waals surface area contributed by atoms with E-state index >= 15 is 0 Å². The van der Waals surface area contributed by atoms with Crippen molar-refractivity contribution in [3.05, 3.63) is 23.8 Å². The SMILES string of the molecule is COc1ccc(CCNC(=O)C2CCCC(N)C2)cc1OC.Cl. The highest BCUT2D eigenvalue weighted by Gasteiger charge is 2.24. The number of hydrogen-bond donors (Lipinski definition) is 2. The maximum absolute atomic E-state index is 12.1. The third-order valence-electron chi connectivity index (χ3n) is 4.25. The molecule has 3 N–H and O–H groups in total. The molecule has 1 aliphatic carbocycles. The van der Waals surface area contributed by atoms with Gasteiger partial charge in [-0.1, -0.05) is 12.5 Å². The van der Waals surface area contributed by atoms with Crippen LogP contribution in [0, 0.1) is 5.92 Å². The molecule has 2 atom stereocenters. The van der Waals surface area contributed by atoms with Crippen LogP contribution in [0.5, 0.6) is 11.5 Å². The Bertz CT molecular complexity index is 511. The summed E-state index contributed by atoms with van der Waals surface area (Å²) in [5, 5.41) is 3.02. The van der Waals surface area contributed by atoms with E-state index in [1.165, 1.54) is 0 Å². The number of nitrogens with two attached hydrogens (primary N) is 1. The molecule has 0 spiro atoms. The second-order valence-corrected chi connectivity index (χ2v) is 5.85. The van der Waals surface area contributed by atoms with Crippen molar-refractivity contribution in [1.82, 2.24) is 5.32 Å². The Labute approximate surface area is 144 Å². The second-order valence-electron chi connectivity index (χ2n) is 5.85. The average molecular weight is 343 g/mol. The Morgan fingerprint density at radius 2 is 2.00 bits per heavy atom. The number of methoxy groups -OCH3 is 2. The quantitative estimate of drug-likeness (QED) is 0.832. The fraction of sp³-hybridized carbons (Fsp3) is 0.588. The van der Waals surface area contributed by atoms with Gasteiger partial charge >= 0.3 is 0 Å². The molecule has 0 aliphatic heterocycles. The number of amides is 1. The minimum absolute atomic E-state index is 0. The number of ether oxygens (including phenoxy) is 2. The van der Waals surface area contributed by atoms with Gasteiger partial charge in [-0.15, -0.1) is 12.4 Å². The van der Waals surface area contributed by atoms with Crippen molar-refractivity contribution in [3.63, 3.8) is 0 Å². The zero-order valence-corrected chi connectivity index (χ0v) is 14.7. The topological polar surface area (TPSA) is 73.6 Å². The molecule has 1 fully saturated rings. The highest BCUT2D eigenvalue weighted by molar-refractivity contribution is 5.85. The van der Waals surface area contributed by atoms with E-state index in [0.717, 1.165) is 37.7 Å². The molecule has 1 aromatic carbocycles. The van der Waals surface area contributed by atoms with Crippen molar-refractivity contribution < 1.29 is 14.3 Å². The van der Waals surface area contributed by atoms with E-state index in [1.54, 1.807) is 14.2 Å². The molecule has 2 unspecified atom stereocenters. The van der Waals surface area contributed by atoms with Crippen LogP contribution in [0.25, 0.3) is 0 Å². The van der Waals surface area contributed by atoms with Crippen LogP contribution in [-0.4, -0.2) is 32.7 Å². The number of halogens is 1. The monoisotopic (exact) mass is 342 g/mol. The van der Waals surface area contributed by atoms with Gasteiger partial charge in [0.1, 0.15) is 0 Å². The summed E-state index contributed by atoms with van der Waals surface area (Å²) in [6.45, 7) is 0.625. The van der Waals surface area contributed by atoms with E-state index in [-0.39, 0.29) is 30.3 Å². The summed E-state index contributed by atoms with van der Waals surface area (Å²) in [5.41, 5.74) is 7.05. The maximum Gasteiger partial charge on any atom is 0.223 e.